The van der Waals surface area contributed by atoms with Crippen LogP contribution in [0.1, 0.15) is 35.2 Å². The fourth-order valence-corrected chi connectivity index (χ4v) is 3.02. The predicted octanol–water partition coefficient (Wildman–Crippen LogP) is 2.34. The Morgan fingerprint density at radius 3 is 2.73 bits per heavy atom. The van der Waals surface area contributed by atoms with E-state index >= 15 is 0 Å². The van der Waals surface area contributed by atoms with Gasteiger partial charge in [0.1, 0.15) is 0 Å². The van der Waals surface area contributed by atoms with E-state index in [1.54, 1.807) is 12.1 Å². The van der Waals surface area contributed by atoms with Gasteiger partial charge in [-0.15, -0.1) is 0 Å². The molecule has 1 aromatic heterocycles. The van der Waals surface area contributed by atoms with Crippen molar-refractivity contribution in [2.45, 2.75) is 38.5 Å². The summed E-state index contributed by atoms with van der Waals surface area (Å²) in [7, 11) is 0. The third kappa shape index (κ3) is 2.90. The van der Waals surface area contributed by atoms with Gasteiger partial charge >= 0.3 is 0 Å². The van der Waals surface area contributed by atoms with Crippen LogP contribution in [-0.4, -0.2) is 15.1 Å². The van der Waals surface area contributed by atoms with Crippen molar-refractivity contribution in [3.63, 3.8) is 0 Å². The Kier molecular flexibility index (Phi) is 4.00. The molecular weight excluding hydrogens is 282 g/mol. The summed E-state index contributed by atoms with van der Waals surface area (Å²) in [5.41, 5.74) is 3.81. The van der Waals surface area contributed by atoms with Crippen LogP contribution in [-0.2, 0) is 25.7 Å². The van der Waals surface area contributed by atoms with Crippen molar-refractivity contribution in [3.8, 4) is 0 Å². The molecule has 0 bridgehead atoms. The largest absolute Gasteiger partial charge is 0.269 e. The first-order valence-electron chi connectivity index (χ1n) is 7.48. The molecule has 1 aliphatic rings. The number of aromatic nitrogens is 2. The van der Waals surface area contributed by atoms with Crippen molar-refractivity contribution in [1.82, 2.24) is 10.2 Å². The number of aromatic amines is 1. The normalized spacial score (nSPS) is 13.6. The molecule has 3 rings (SSSR count). The minimum absolute atomic E-state index is 0.0752. The zero-order valence-corrected chi connectivity index (χ0v) is 12.2. The lowest BCUT2D eigenvalue weighted by Crippen LogP contribution is -2.23. The maximum absolute atomic E-state index is 11.8. The molecule has 1 heterocycles. The molecule has 6 nitrogen and oxygen atoms in total. The summed E-state index contributed by atoms with van der Waals surface area (Å²) >= 11 is 0. The molecule has 0 spiro atoms. The van der Waals surface area contributed by atoms with Crippen LogP contribution in [0.15, 0.2) is 29.1 Å². The van der Waals surface area contributed by atoms with Crippen LogP contribution in [0.4, 0.5) is 5.69 Å². The summed E-state index contributed by atoms with van der Waals surface area (Å²) in [4.78, 5) is 22.2. The number of hydrogen-bond acceptors (Lipinski definition) is 4. The summed E-state index contributed by atoms with van der Waals surface area (Å²) in [5, 5.41) is 17.6. The third-order valence-electron chi connectivity index (χ3n) is 4.15. The first-order valence-corrected chi connectivity index (χ1v) is 7.48. The molecular formula is C16H17N3O3. The average Bonchev–Trinajstić information content (AvgIpc) is 2.55. The van der Waals surface area contributed by atoms with E-state index < -0.39 is 0 Å². The SMILES string of the molecule is O=c1[nH]nc(CCc2cccc([N+](=O)[O-])c2)c2c1CCCC2. The van der Waals surface area contributed by atoms with Gasteiger partial charge in [-0.05, 0) is 49.7 Å². The number of H-pyrrole nitrogens is 1. The van der Waals surface area contributed by atoms with E-state index in [4.69, 9.17) is 0 Å². The maximum atomic E-state index is 11.8. The highest BCUT2D eigenvalue weighted by Gasteiger charge is 2.17. The zero-order chi connectivity index (χ0) is 15.5. The number of rotatable bonds is 4. The number of benzene rings is 1. The molecule has 1 aliphatic carbocycles. The van der Waals surface area contributed by atoms with Crippen LogP contribution >= 0.6 is 0 Å². The predicted molar refractivity (Wildman–Crippen MR) is 82.0 cm³/mol. The number of aryl methyl sites for hydroxylation is 2. The number of nitro benzene ring substituents is 1. The van der Waals surface area contributed by atoms with Crippen LogP contribution in [0.25, 0.3) is 0 Å². The molecule has 0 saturated heterocycles. The average molecular weight is 299 g/mol. The Hall–Kier alpha value is -2.50. The minimum atomic E-state index is -0.385. The van der Waals surface area contributed by atoms with E-state index in [0.29, 0.717) is 12.8 Å². The first-order chi connectivity index (χ1) is 10.6. The van der Waals surface area contributed by atoms with E-state index in [0.717, 1.165) is 48.1 Å². The van der Waals surface area contributed by atoms with Crippen molar-refractivity contribution >= 4 is 5.69 Å². The van der Waals surface area contributed by atoms with E-state index in [2.05, 4.69) is 10.2 Å². The molecule has 22 heavy (non-hydrogen) atoms. The first kappa shape index (κ1) is 14.4. The smallest absolute Gasteiger partial charge is 0.268 e. The fraction of sp³-hybridized carbons (Fsp3) is 0.375. The van der Waals surface area contributed by atoms with Crippen LogP contribution in [0.5, 0.6) is 0 Å². The lowest BCUT2D eigenvalue weighted by Gasteiger charge is -2.17. The summed E-state index contributed by atoms with van der Waals surface area (Å²) in [6, 6.07) is 6.66. The van der Waals surface area contributed by atoms with Gasteiger partial charge in [-0.3, -0.25) is 14.9 Å². The van der Waals surface area contributed by atoms with Gasteiger partial charge < -0.3 is 0 Å². The number of nitrogens with one attached hydrogen (secondary N) is 1. The van der Waals surface area contributed by atoms with Gasteiger partial charge in [0, 0.05) is 17.7 Å². The molecule has 0 unspecified atom stereocenters. The maximum Gasteiger partial charge on any atom is 0.269 e. The van der Waals surface area contributed by atoms with Crippen LogP contribution in [0.3, 0.4) is 0 Å². The van der Waals surface area contributed by atoms with Gasteiger partial charge in [-0.2, -0.15) is 5.10 Å². The highest BCUT2D eigenvalue weighted by atomic mass is 16.6. The summed E-state index contributed by atoms with van der Waals surface area (Å²) in [5.74, 6) is 0. The number of hydrogen-bond donors (Lipinski definition) is 1. The number of nitro groups is 1. The summed E-state index contributed by atoms with van der Waals surface area (Å²) in [6.07, 6.45) is 5.20. The van der Waals surface area contributed by atoms with Crippen molar-refractivity contribution in [1.29, 1.82) is 0 Å². The topological polar surface area (TPSA) is 88.9 Å². The molecule has 6 heteroatoms. The molecule has 114 valence electrons. The lowest BCUT2D eigenvalue weighted by molar-refractivity contribution is -0.384. The monoisotopic (exact) mass is 299 g/mol. The van der Waals surface area contributed by atoms with Gasteiger partial charge in [0.05, 0.1) is 10.6 Å². The van der Waals surface area contributed by atoms with Gasteiger partial charge in [-0.25, -0.2) is 5.10 Å². The summed E-state index contributed by atoms with van der Waals surface area (Å²) in [6.45, 7) is 0. The Morgan fingerprint density at radius 2 is 1.95 bits per heavy atom. The Labute approximate surface area is 127 Å². The molecule has 0 amide bonds. The molecule has 0 radical (unpaired) electrons. The molecule has 1 aromatic carbocycles. The van der Waals surface area contributed by atoms with E-state index in [-0.39, 0.29) is 16.2 Å². The minimum Gasteiger partial charge on any atom is -0.268 e. The van der Waals surface area contributed by atoms with Crippen molar-refractivity contribution in [3.05, 3.63) is 67.1 Å². The molecule has 1 N–H and O–H groups in total. The van der Waals surface area contributed by atoms with Crippen LogP contribution in [0.2, 0.25) is 0 Å². The van der Waals surface area contributed by atoms with Crippen molar-refractivity contribution < 1.29 is 4.92 Å². The van der Waals surface area contributed by atoms with Crippen LogP contribution in [0, 0.1) is 10.1 Å². The Balaban J connectivity index is 1.81. The molecule has 0 fully saturated rings. The lowest BCUT2D eigenvalue weighted by atomic mass is 9.90. The molecule has 0 atom stereocenters. The van der Waals surface area contributed by atoms with Gasteiger partial charge in [0.25, 0.3) is 11.2 Å². The van der Waals surface area contributed by atoms with Crippen LogP contribution < -0.4 is 5.56 Å². The number of fused-ring (bicyclic) bond motifs is 1. The zero-order valence-electron chi connectivity index (χ0n) is 12.2. The molecule has 0 aliphatic heterocycles. The number of non-ortho nitro benzene ring substituents is 1. The fourth-order valence-electron chi connectivity index (χ4n) is 3.02. The van der Waals surface area contributed by atoms with E-state index in [1.807, 2.05) is 6.07 Å². The Bertz CT molecular complexity index is 767. The second kappa shape index (κ2) is 6.09. The van der Waals surface area contributed by atoms with Crippen molar-refractivity contribution in [2.24, 2.45) is 0 Å². The molecule has 0 saturated carbocycles. The second-order valence-electron chi connectivity index (χ2n) is 5.59. The van der Waals surface area contributed by atoms with Crippen molar-refractivity contribution in [2.75, 3.05) is 0 Å². The van der Waals surface area contributed by atoms with E-state index in [9.17, 15) is 14.9 Å². The standard InChI is InChI=1S/C16H17N3O3/c20-16-14-7-2-1-6-13(14)15(17-18-16)9-8-11-4-3-5-12(10-11)19(21)22/h3-5,10H,1-2,6-9H2,(H,18,20). The highest BCUT2D eigenvalue weighted by Crippen LogP contribution is 2.21. The quantitative estimate of drug-likeness (QED) is 0.693. The van der Waals surface area contributed by atoms with Gasteiger partial charge in [0.2, 0.25) is 0 Å². The highest BCUT2D eigenvalue weighted by molar-refractivity contribution is 5.35. The number of nitrogens with zero attached hydrogens (tertiary/aromatic N) is 2. The summed E-state index contributed by atoms with van der Waals surface area (Å²) < 4.78 is 0. The third-order valence-corrected chi connectivity index (χ3v) is 4.15. The van der Waals surface area contributed by atoms with Gasteiger partial charge in [0.15, 0.2) is 0 Å². The Morgan fingerprint density at radius 1 is 1.18 bits per heavy atom. The molecule has 2 aromatic rings. The van der Waals surface area contributed by atoms with Gasteiger partial charge in [-0.1, -0.05) is 12.1 Å². The van der Waals surface area contributed by atoms with E-state index in [1.165, 1.54) is 6.07 Å². The second-order valence-corrected chi connectivity index (χ2v) is 5.59.